The summed E-state index contributed by atoms with van der Waals surface area (Å²) in [5, 5.41) is 0.622. The summed E-state index contributed by atoms with van der Waals surface area (Å²) in [5.74, 6) is -1.05. The molecular weight excluding hydrogens is 321 g/mol. The third-order valence-electron chi connectivity index (χ3n) is 1.91. The standard InChI is InChI=1S/C10H8BrClF2O3/c1-16-9(15)6-3-7(12)5(4-11)2-8(6)17-10(13)14/h2-3,10H,4H2,1H3. The number of alkyl halides is 3. The summed E-state index contributed by atoms with van der Waals surface area (Å²) >= 11 is 9.00. The summed E-state index contributed by atoms with van der Waals surface area (Å²) in [4.78, 5) is 11.4. The van der Waals surface area contributed by atoms with Crippen LogP contribution in [0.4, 0.5) is 8.78 Å². The van der Waals surface area contributed by atoms with Gasteiger partial charge in [-0.25, -0.2) is 4.79 Å². The molecule has 1 aromatic rings. The molecule has 94 valence electrons. The van der Waals surface area contributed by atoms with Crippen LogP contribution in [0.1, 0.15) is 15.9 Å². The maximum Gasteiger partial charge on any atom is 0.387 e. The number of rotatable bonds is 4. The summed E-state index contributed by atoms with van der Waals surface area (Å²) < 4.78 is 33.1. The van der Waals surface area contributed by atoms with Crippen LogP contribution in [-0.4, -0.2) is 19.7 Å². The van der Waals surface area contributed by atoms with Crippen LogP contribution in [0.15, 0.2) is 12.1 Å². The first-order chi connectivity index (χ1) is 7.99. The van der Waals surface area contributed by atoms with Crippen molar-refractivity contribution in [2.45, 2.75) is 11.9 Å². The zero-order valence-electron chi connectivity index (χ0n) is 8.68. The molecule has 0 saturated carbocycles. The predicted octanol–water partition coefficient (Wildman–Crippen LogP) is 3.62. The number of methoxy groups -OCH3 is 1. The molecule has 1 rings (SSSR count). The number of benzene rings is 1. The Balaban J connectivity index is 3.25. The Hall–Kier alpha value is -0.880. The van der Waals surface area contributed by atoms with Gasteiger partial charge in [0.25, 0.3) is 0 Å². The lowest BCUT2D eigenvalue weighted by Gasteiger charge is -2.11. The molecule has 3 nitrogen and oxygen atoms in total. The second-order valence-corrected chi connectivity index (χ2v) is 3.91. The second-order valence-electron chi connectivity index (χ2n) is 2.94. The smallest absolute Gasteiger partial charge is 0.387 e. The fourth-order valence-corrected chi connectivity index (χ4v) is 2.02. The van der Waals surface area contributed by atoms with E-state index in [1.54, 1.807) is 0 Å². The topological polar surface area (TPSA) is 35.5 Å². The molecule has 0 radical (unpaired) electrons. The average Bonchev–Trinajstić information content (AvgIpc) is 2.29. The monoisotopic (exact) mass is 328 g/mol. The van der Waals surface area contributed by atoms with Crippen molar-refractivity contribution in [2.75, 3.05) is 7.11 Å². The summed E-state index contributed by atoms with van der Waals surface area (Å²) in [6.07, 6.45) is 0. The fourth-order valence-electron chi connectivity index (χ4n) is 1.16. The second kappa shape index (κ2) is 6.16. The van der Waals surface area contributed by atoms with E-state index in [4.69, 9.17) is 11.6 Å². The van der Waals surface area contributed by atoms with Gasteiger partial charge in [-0.15, -0.1) is 0 Å². The SMILES string of the molecule is COC(=O)c1cc(Cl)c(CBr)cc1OC(F)F. The number of esters is 1. The highest BCUT2D eigenvalue weighted by Gasteiger charge is 2.19. The first-order valence-electron chi connectivity index (χ1n) is 4.41. The van der Waals surface area contributed by atoms with Gasteiger partial charge in [0.05, 0.1) is 7.11 Å². The molecule has 7 heteroatoms. The molecule has 0 amide bonds. The molecule has 0 aromatic heterocycles. The minimum Gasteiger partial charge on any atom is -0.465 e. The van der Waals surface area contributed by atoms with Gasteiger partial charge in [-0.05, 0) is 17.7 Å². The van der Waals surface area contributed by atoms with Gasteiger partial charge in [-0.2, -0.15) is 8.78 Å². The Morgan fingerprint density at radius 3 is 2.65 bits per heavy atom. The molecule has 0 spiro atoms. The Morgan fingerprint density at radius 1 is 1.53 bits per heavy atom. The van der Waals surface area contributed by atoms with Gasteiger partial charge in [-0.1, -0.05) is 27.5 Å². The zero-order chi connectivity index (χ0) is 13.0. The third kappa shape index (κ3) is 3.54. The van der Waals surface area contributed by atoms with Gasteiger partial charge in [-0.3, -0.25) is 0 Å². The van der Waals surface area contributed by atoms with Crippen LogP contribution in [0.2, 0.25) is 5.02 Å². The van der Waals surface area contributed by atoms with Gasteiger partial charge in [0.2, 0.25) is 0 Å². The van der Waals surface area contributed by atoms with Crippen LogP contribution in [0.5, 0.6) is 5.75 Å². The normalized spacial score (nSPS) is 10.5. The average molecular weight is 330 g/mol. The van der Waals surface area contributed by atoms with Crippen LogP contribution >= 0.6 is 27.5 Å². The molecular formula is C10H8BrClF2O3. The van der Waals surface area contributed by atoms with Crippen LogP contribution in [0, 0.1) is 0 Å². The van der Waals surface area contributed by atoms with E-state index < -0.39 is 12.6 Å². The van der Waals surface area contributed by atoms with Crippen molar-refractivity contribution in [1.29, 1.82) is 0 Å². The molecule has 17 heavy (non-hydrogen) atoms. The summed E-state index contributed by atoms with van der Waals surface area (Å²) in [6, 6.07) is 2.51. The molecule has 0 fully saturated rings. The molecule has 0 aliphatic carbocycles. The van der Waals surface area contributed by atoms with E-state index in [0.29, 0.717) is 10.9 Å². The number of hydrogen-bond acceptors (Lipinski definition) is 3. The van der Waals surface area contributed by atoms with Gasteiger partial charge in [0.1, 0.15) is 11.3 Å². The van der Waals surface area contributed by atoms with Gasteiger partial charge < -0.3 is 9.47 Å². The Labute approximate surface area is 110 Å². The van der Waals surface area contributed by atoms with E-state index in [1.807, 2.05) is 0 Å². The molecule has 0 aliphatic heterocycles. The number of halogens is 4. The predicted molar refractivity (Wildman–Crippen MR) is 62.1 cm³/mol. The van der Waals surface area contributed by atoms with Gasteiger partial charge >= 0.3 is 12.6 Å². The van der Waals surface area contributed by atoms with E-state index in [-0.39, 0.29) is 16.3 Å². The summed E-state index contributed by atoms with van der Waals surface area (Å²) in [7, 11) is 1.14. The van der Waals surface area contributed by atoms with Crippen molar-refractivity contribution < 1.29 is 23.0 Å². The minimum absolute atomic E-state index is 0.137. The Morgan fingerprint density at radius 2 is 2.18 bits per heavy atom. The number of ether oxygens (including phenoxy) is 2. The molecule has 1 aromatic carbocycles. The molecule has 0 unspecified atom stereocenters. The highest BCUT2D eigenvalue weighted by atomic mass is 79.9. The number of hydrogen-bond donors (Lipinski definition) is 0. The largest absolute Gasteiger partial charge is 0.465 e. The first-order valence-corrected chi connectivity index (χ1v) is 5.91. The van der Waals surface area contributed by atoms with Gasteiger partial charge in [0, 0.05) is 10.4 Å². The van der Waals surface area contributed by atoms with Crippen LogP contribution in [0.25, 0.3) is 0 Å². The summed E-state index contributed by atoms with van der Waals surface area (Å²) in [6.45, 7) is -3.03. The van der Waals surface area contributed by atoms with Crippen molar-refractivity contribution >= 4 is 33.5 Å². The van der Waals surface area contributed by atoms with Crippen molar-refractivity contribution in [3.05, 3.63) is 28.3 Å². The van der Waals surface area contributed by atoms with Crippen molar-refractivity contribution in [3.63, 3.8) is 0 Å². The van der Waals surface area contributed by atoms with Crippen LogP contribution in [-0.2, 0) is 10.1 Å². The molecule has 0 bridgehead atoms. The Bertz CT molecular complexity index is 426. The molecule has 0 aliphatic rings. The van der Waals surface area contributed by atoms with Crippen LogP contribution in [0.3, 0.4) is 0 Å². The summed E-state index contributed by atoms with van der Waals surface area (Å²) in [5.41, 5.74) is 0.400. The maximum absolute atomic E-state index is 12.2. The molecule has 0 N–H and O–H groups in total. The molecule has 0 heterocycles. The maximum atomic E-state index is 12.2. The molecule has 0 atom stereocenters. The molecule has 0 saturated heterocycles. The lowest BCUT2D eigenvalue weighted by atomic mass is 10.1. The highest BCUT2D eigenvalue weighted by molar-refractivity contribution is 9.08. The Kier molecular flexibility index (Phi) is 5.14. The quantitative estimate of drug-likeness (QED) is 0.625. The van der Waals surface area contributed by atoms with Crippen LogP contribution < -0.4 is 4.74 Å². The van der Waals surface area contributed by atoms with E-state index in [0.717, 1.165) is 7.11 Å². The van der Waals surface area contributed by atoms with Crippen molar-refractivity contribution in [3.8, 4) is 5.75 Å². The van der Waals surface area contributed by atoms with E-state index in [9.17, 15) is 13.6 Å². The fraction of sp³-hybridized carbons (Fsp3) is 0.300. The van der Waals surface area contributed by atoms with Gasteiger partial charge in [0.15, 0.2) is 0 Å². The highest BCUT2D eigenvalue weighted by Crippen LogP contribution is 2.30. The third-order valence-corrected chi connectivity index (χ3v) is 2.87. The van der Waals surface area contributed by atoms with E-state index in [2.05, 4.69) is 25.4 Å². The minimum atomic E-state index is -3.03. The van der Waals surface area contributed by atoms with E-state index >= 15 is 0 Å². The van der Waals surface area contributed by atoms with E-state index in [1.165, 1.54) is 12.1 Å². The lowest BCUT2D eigenvalue weighted by molar-refractivity contribution is -0.0504. The lowest BCUT2D eigenvalue weighted by Crippen LogP contribution is -2.10. The van der Waals surface area contributed by atoms with Crippen molar-refractivity contribution in [1.82, 2.24) is 0 Å². The first kappa shape index (κ1) is 14.2. The zero-order valence-corrected chi connectivity index (χ0v) is 11.0. The number of carbonyl (C=O) groups is 1. The van der Waals surface area contributed by atoms with Crippen molar-refractivity contribution in [2.24, 2.45) is 0 Å². The number of carbonyl (C=O) groups excluding carboxylic acids is 1.